The molecule has 1 aliphatic heterocycles. The van der Waals surface area contributed by atoms with E-state index in [1.165, 1.54) is 0 Å². The number of anilines is 1. The van der Waals surface area contributed by atoms with Gasteiger partial charge in [0.15, 0.2) is 5.13 Å². The number of nitrogens with zero attached hydrogens (tertiary/aromatic N) is 3. The summed E-state index contributed by atoms with van der Waals surface area (Å²) in [5, 5.41) is 7.24. The van der Waals surface area contributed by atoms with Crippen molar-refractivity contribution in [3.8, 4) is 0 Å². The molecule has 1 aliphatic rings. The lowest BCUT2D eigenvalue weighted by atomic mass is 10.1. The minimum absolute atomic E-state index is 0.145. The molecule has 1 aromatic carbocycles. The Balaban J connectivity index is 1.58. The van der Waals surface area contributed by atoms with Gasteiger partial charge < -0.3 is 9.64 Å². The van der Waals surface area contributed by atoms with E-state index in [2.05, 4.69) is 27.3 Å². The Morgan fingerprint density at radius 2 is 2.08 bits per heavy atom. The molecular weight excluding hydrogens is 348 g/mol. The molecule has 7 heteroatoms. The van der Waals surface area contributed by atoms with Crippen LogP contribution in [0, 0.1) is 0 Å². The van der Waals surface area contributed by atoms with Gasteiger partial charge in [-0.3, -0.25) is 4.79 Å². The summed E-state index contributed by atoms with van der Waals surface area (Å²) >= 11 is 1.57. The molecule has 0 bridgehead atoms. The van der Waals surface area contributed by atoms with Crippen molar-refractivity contribution < 1.29 is 9.53 Å². The van der Waals surface area contributed by atoms with Gasteiger partial charge in [0.1, 0.15) is 0 Å². The summed E-state index contributed by atoms with van der Waals surface area (Å²) in [5.41, 5.74) is 5.40. The largest absolute Gasteiger partial charge is 0.378 e. The van der Waals surface area contributed by atoms with Crippen LogP contribution >= 0.6 is 11.3 Å². The van der Waals surface area contributed by atoms with Crippen molar-refractivity contribution in [3.05, 3.63) is 47.0 Å². The number of benzene rings is 1. The van der Waals surface area contributed by atoms with E-state index < -0.39 is 0 Å². The van der Waals surface area contributed by atoms with Gasteiger partial charge in [-0.2, -0.15) is 5.10 Å². The van der Waals surface area contributed by atoms with E-state index in [1.807, 2.05) is 35.7 Å². The fourth-order valence-corrected chi connectivity index (χ4v) is 3.62. The number of hydrazone groups is 1. The molecule has 0 atom stereocenters. The second kappa shape index (κ2) is 9.45. The summed E-state index contributed by atoms with van der Waals surface area (Å²) < 4.78 is 5.36. The van der Waals surface area contributed by atoms with E-state index in [0.717, 1.165) is 61.2 Å². The summed E-state index contributed by atoms with van der Waals surface area (Å²) in [6.45, 7) is 5.25. The molecule has 0 aliphatic carbocycles. The highest BCUT2D eigenvalue weighted by Crippen LogP contribution is 2.21. The third kappa shape index (κ3) is 5.12. The maximum atomic E-state index is 12.3. The molecule has 1 aromatic heterocycles. The van der Waals surface area contributed by atoms with Crippen LogP contribution in [-0.4, -0.2) is 42.9 Å². The molecule has 1 saturated heterocycles. The van der Waals surface area contributed by atoms with Crippen LogP contribution in [0.2, 0.25) is 0 Å². The van der Waals surface area contributed by atoms with Crippen LogP contribution < -0.4 is 10.3 Å². The minimum Gasteiger partial charge on any atom is -0.378 e. The monoisotopic (exact) mass is 372 g/mol. The third-order valence-electron chi connectivity index (χ3n) is 4.07. The van der Waals surface area contributed by atoms with Crippen LogP contribution in [0.4, 0.5) is 5.13 Å². The number of carbonyl (C=O) groups excluding carboxylic acids is 1. The van der Waals surface area contributed by atoms with Gasteiger partial charge in [-0.05, 0) is 12.0 Å². The third-order valence-corrected chi connectivity index (χ3v) is 5.02. The van der Waals surface area contributed by atoms with Crippen molar-refractivity contribution in [2.45, 2.75) is 26.2 Å². The van der Waals surface area contributed by atoms with E-state index in [4.69, 9.17) is 4.74 Å². The van der Waals surface area contributed by atoms with Crippen LogP contribution in [0.25, 0.3) is 0 Å². The SMILES string of the molecule is CCCC(=NNC(=O)Cc1csc(N2CCOCC2)n1)c1ccccc1. The molecule has 0 radical (unpaired) electrons. The van der Waals surface area contributed by atoms with Crippen LogP contribution in [0.5, 0.6) is 0 Å². The molecule has 1 amide bonds. The zero-order chi connectivity index (χ0) is 18.2. The Kier molecular flexibility index (Phi) is 6.74. The van der Waals surface area contributed by atoms with Crippen molar-refractivity contribution in [1.82, 2.24) is 10.4 Å². The van der Waals surface area contributed by atoms with Crippen molar-refractivity contribution in [2.75, 3.05) is 31.2 Å². The minimum atomic E-state index is -0.145. The standard InChI is InChI=1S/C19H24N4O2S/c1-2-6-17(15-7-4-3-5-8-15)21-22-18(24)13-16-14-26-19(20-16)23-9-11-25-12-10-23/h3-5,7-8,14H,2,6,9-13H2,1H3,(H,22,24). The van der Waals surface area contributed by atoms with Crippen LogP contribution in [0.1, 0.15) is 31.0 Å². The zero-order valence-electron chi connectivity index (χ0n) is 15.0. The summed E-state index contributed by atoms with van der Waals surface area (Å²) in [6.07, 6.45) is 2.03. The second-order valence-electron chi connectivity index (χ2n) is 6.11. The number of amides is 1. The van der Waals surface area contributed by atoms with E-state index in [0.29, 0.717) is 0 Å². The zero-order valence-corrected chi connectivity index (χ0v) is 15.8. The lowest BCUT2D eigenvalue weighted by Gasteiger charge is -2.26. The summed E-state index contributed by atoms with van der Waals surface area (Å²) in [5.74, 6) is -0.145. The number of ether oxygens (including phenoxy) is 1. The molecule has 6 nitrogen and oxygen atoms in total. The number of thiazole rings is 1. The van der Waals surface area contributed by atoms with Gasteiger partial charge in [-0.15, -0.1) is 11.3 Å². The Morgan fingerprint density at radius 3 is 2.81 bits per heavy atom. The lowest BCUT2D eigenvalue weighted by molar-refractivity contribution is -0.120. The van der Waals surface area contributed by atoms with Gasteiger partial charge >= 0.3 is 0 Å². The number of rotatable bonds is 7. The Bertz CT molecular complexity index is 739. The number of aromatic nitrogens is 1. The van der Waals surface area contributed by atoms with E-state index in [-0.39, 0.29) is 12.3 Å². The van der Waals surface area contributed by atoms with Crippen LogP contribution in [0.15, 0.2) is 40.8 Å². The number of carbonyl (C=O) groups is 1. The molecule has 2 heterocycles. The Labute approximate surface area is 157 Å². The summed E-state index contributed by atoms with van der Waals surface area (Å²) in [6, 6.07) is 9.95. The van der Waals surface area contributed by atoms with Gasteiger partial charge in [0.25, 0.3) is 0 Å². The molecule has 1 N–H and O–H groups in total. The van der Waals surface area contributed by atoms with Gasteiger partial charge in [0.2, 0.25) is 5.91 Å². The first-order chi connectivity index (χ1) is 12.8. The summed E-state index contributed by atoms with van der Waals surface area (Å²) in [4.78, 5) is 19.0. The molecule has 0 saturated carbocycles. The smallest absolute Gasteiger partial charge is 0.246 e. The van der Waals surface area contributed by atoms with E-state index in [9.17, 15) is 4.79 Å². The van der Waals surface area contributed by atoms with Gasteiger partial charge in [0.05, 0.1) is 31.0 Å². The fourth-order valence-electron chi connectivity index (χ4n) is 2.74. The van der Waals surface area contributed by atoms with Gasteiger partial charge in [-0.25, -0.2) is 10.4 Å². The normalized spacial score (nSPS) is 15.1. The second-order valence-corrected chi connectivity index (χ2v) is 6.94. The molecule has 138 valence electrons. The number of nitrogens with one attached hydrogen (secondary N) is 1. The maximum Gasteiger partial charge on any atom is 0.246 e. The van der Waals surface area contributed by atoms with Gasteiger partial charge in [-0.1, -0.05) is 43.7 Å². The van der Waals surface area contributed by atoms with Gasteiger partial charge in [0, 0.05) is 18.5 Å². The van der Waals surface area contributed by atoms with Crippen LogP contribution in [0.3, 0.4) is 0 Å². The van der Waals surface area contributed by atoms with E-state index >= 15 is 0 Å². The number of morpholine rings is 1. The van der Waals surface area contributed by atoms with Crippen molar-refractivity contribution >= 4 is 28.1 Å². The molecule has 0 spiro atoms. The quantitative estimate of drug-likeness (QED) is 0.599. The topological polar surface area (TPSA) is 66.8 Å². The molecule has 0 unspecified atom stereocenters. The Hall–Kier alpha value is -2.25. The average molecular weight is 372 g/mol. The van der Waals surface area contributed by atoms with Crippen molar-refractivity contribution in [1.29, 1.82) is 0 Å². The lowest BCUT2D eigenvalue weighted by Crippen LogP contribution is -2.36. The Morgan fingerprint density at radius 1 is 1.31 bits per heavy atom. The molecular formula is C19H24N4O2S. The first-order valence-electron chi connectivity index (χ1n) is 8.94. The first kappa shape index (κ1) is 18.5. The molecule has 26 heavy (non-hydrogen) atoms. The van der Waals surface area contributed by atoms with Crippen molar-refractivity contribution in [2.24, 2.45) is 5.10 Å². The summed E-state index contributed by atoms with van der Waals surface area (Å²) in [7, 11) is 0. The average Bonchev–Trinajstić information content (AvgIpc) is 3.15. The molecule has 2 aromatic rings. The first-order valence-corrected chi connectivity index (χ1v) is 9.82. The fraction of sp³-hybridized carbons (Fsp3) is 0.421. The molecule has 1 fully saturated rings. The van der Waals surface area contributed by atoms with Crippen LogP contribution in [-0.2, 0) is 16.0 Å². The number of hydrogen-bond donors (Lipinski definition) is 1. The highest BCUT2D eigenvalue weighted by Gasteiger charge is 2.15. The van der Waals surface area contributed by atoms with E-state index in [1.54, 1.807) is 11.3 Å². The predicted octanol–water partition coefficient (Wildman–Crippen LogP) is 2.84. The highest BCUT2D eigenvalue weighted by molar-refractivity contribution is 7.13. The van der Waals surface area contributed by atoms with Crippen molar-refractivity contribution in [3.63, 3.8) is 0 Å². The highest BCUT2D eigenvalue weighted by atomic mass is 32.1. The number of hydrogen-bond acceptors (Lipinski definition) is 6. The predicted molar refractivity (Wildman–Crippen MR) is 105 cm³/mol. The maximum absolute atomic E-state index is 12.3. The molecule has 3 rings (SSSR count).